The fourth-order valence-corrected chi connectivity index (χ4v) is 3.55. The lowest BCUT2D eigenvalue weighted by Gasteiger charge is -2.21. The van der Waals surface area contributed by atoms with Gasteiger partial charge in [0.25, 0.3) is 11.8 Å². The van der Waals surface area contributed by atoms with E-state index in [-0.39, 0.29) is 12.5 Å². The Bertz CT molecular complexity index is 791. The van der Waals surface area contributed by atoms with Gasteiger partial charge in [0.1, 0.15) is 11.8 Å². The Morgan fingerprint density at radius 2 is 1.96 bits per heavy atom. The third kappa shape index (κ3) is 5.24. The summed E-state index contributed by atoms with van der Waals surface area (Å²) < 4.78 is 7.44. The Kier molecular flexibility index (Phi) is 6.36. The predicted molar refractivity (Wildman–Crippen MR) is 101 cm³/mol. The molecule has 0 bridgehead atoms. The van der Waals surface area contributed by atoms with Crippen LogP contribution in [0.15, 0.2) is 42.6 Å². The van der Waals surface area contributed by atoms with Crippen LogP contribution in [0.25, 0.3) is 0 Å². The summed E-state index contributed by atoms with van der Waals surface area (Å²) in [5.74, 6) is -0.104. The molecule has 2 aromatic rings. The van der Waals surface area contributed by atoms with E-state index < -0.39 is 5.91 Å². The largest absolute Gasteiger partial charge is 0.484 e. The first-order valence-corrected chi connectivity index (χ1v) is 9.32. The van der Waals surface area contributed by atoms with Crippen LogP contribution in [-0.4, -0.2) is 36.1 Å². The number of likely N-dealkylation sites (tertiary alicyclic amines) is 1. The summed E-state index contributed by atoms with van der Waals surface area (Å²) >= 11 is 5.79. The first kappa shape index (κ1) is 19.3. The average molecular weight is 392 g/mol. The maximum Gasteiger partial charge on any atom is 0.293 e. The number of halogens is 1. The topological polar surface area (TPSA) is 76.8 Å². The maximum atomic E-state index is 12.2. The Hall–Kier alpha value is -2.51. The molecule has 144 valence electrons. The summed E-state index contributed by atoms with van der Waals surface area (Å²) in [7, 11) is 2.02. The number of rotatable bonds is 6. The fourth-order valence-electron chi connectivity index (χ4n) is 3.42. The van der Waals surface area contributed by atoms with Gasteiger partial charge < -0.3 is 14.2 Å². The van der Waals surface area contributed by atoms with E-state index in [0.717, 1.165) is 19.4 Å². The first-order valence-electron chi connectivity index (χ1n) is 8.95. The molecule has 2 heterocycles. The maximum absolute atomic E-state index is 12.2. The average Bonchev–Trinajstić information content (AvgIpc) is 3.27. The van der Waals surface area contributed by atoms with Crippen LogP contribution >= 0.6 is 11.6 Å². The molecule has 2 amide bonds. The number of nitrogens with one attached hydrogen (secondary N) is 3. The van der Waals surface area contributed by atoms with E-state index in [1.165, 1.54) is 10.6 Å². The number of aryl methyl sites for hydroxylation is 1. The number of benzene rings is 1. The zero-order chi connectivity index (χ0) is 19.2. The molecule has 1 aliphatic rings. The van der Waals surface area contributed by atoms with Crippen molar-refractivity contribution in [2.24, 2.45) is 7.05 Å². The Labute approximate surface area is 163 Å². The van der Waals surface area contributed by atoms with Crippen LogP contribution in [0.4, 0.5) is 0 Å². The number of hydrazine groups is 1. The molecule has 1 aliphatic heterocycles. The van der Waals surface area contributed by atoms with Crippen molar-refractivity contribution in [1.82, 2.24) is 15.4 Å². The van der Waals surface area contributed by atoms with Gasteiger partial charge in [0.15, 0.2) is 13.2 Å². The summed E-state index contributed by atoms with van der Waals surface area (Å²) in [6.07, 6.45) is 4.16. The molecular formula is C19H24ClN4O3+. The van der Waals surface area contributed by atoms with Gasteiger partial charge in [-0.2, -0.15) is 0 Å². The van der Waals surface area contributed by atoms with Gasteiger partial charge in [0, 0.05) is 31.1 Å². The molecule has 2 atom stereocenters. The number of carbonyl (C=O) groups is 2. The van der Waals surface area contributed by atoms with Crippen molar-refractivity contribution in [2.75, 3.05) is 19.7 Å². The minimum Gasteiger partial charge on any atom is -0.484 e. The van der Waals surface area contributed by atoms with E-state index in [9.17, 15) is 9.59 Å². The van der Waals surface area contributed by atoms with Crippen molar-refractivity contribution in [1.29, 1.82) is 0 Å². The van der Waals surface area contributed by atoms with Gasteiger partial charge >= 0.3 is 0 Å². The Morgan fingerprint density at radius 3 is 2.67 bits per heavy atom. The van der Waals surface area contributed by atoms with Crippen LogP contribution < -0.4 is 20.5 Å². The molecule has 0 radical (unpaired) electrons. The molecule has 1 aromatic carbocycles. The van der Waals surface area contributed by atoms with Gasteiger partial charge in [-0.15, -0.1) is 0 Å². The number of amides is 2. The highest BCUT2D eigenvalue weighted by atomic mass is 35.5. The number of nitrogens with zero attached hydrogens (tertiary/aromatic N) is 1. The highest BCUT2D eigenvalue weighted by Gasteiger charge is 2.32. The third-order valence-corrected chi connectivity index (χ3v) is 4.99. The van der Waals surface area contributed by atoms with E-state index >= 15 is 0 Å². The molecular weight excluding hydrogens is 368 g/mol. The van der Waals surface area contributed by atoms with Crippen LogP contribution in [-0.2, 0) is 16.6 Å². The van der Waals surface area contributed by atoms with Crippen LogP contribution in [0.2, 0.25) is 5.02 Å². The van der Waals surface area contributed by atoms with Crippen molar-refractivity contribution < 1.29 is 19.2 Å². The second kappa shape index (κ2) is 8.92. The van der Waals surface area contributed by atoms with Crippen molar-refractivity contribution in [3.05, 3.63) is 53.3 Å². The minimum absolute atomic E-state index is 0.190. The van der Waals surface area contributed by atoms with Crippen molar-refractivity contribution in [3.63, 3.8) is 0 Å². The zero-order valence-corrected chi connectivity index (χ0v) is 16.0. The van der Waals surface area contributed by atoms with E-state index in [2.05, 4.69) is 21.5 Å². The lowest BCUT2D eigenvalue weighted by atomic mass is 10.1. The summed E-state index contributed by atoms with van der Waals surface area (Å²) in [5, 5.41) is 0.595. The number of ether oxygens (including phenoxy) is 1. The van der Waals surface area contributed by atoms with Gasteiger partial charge in [-0.1, -0.05) is 11.6 Å². The van der Waals surface area contributed by atoms with Gasteiger partial charge in [0.05, 0.1) is 12.2 Å². The van der Waals surface area contributed by atoms with Crippen molar-refractivity contribution in [2.45, 2.75) is 18.9 Å². The van der Waals surface area contributed by atoms with E-state index in [1.807, 2.05) is 19.3 Å². The number of hydrogen-bond donors (Lipinski definition) is 3. The minimum atomic E-state index is -0.422. The summed E-state index contributed by atoms with van der Waals surface area (Å²) in [5.41, 5.74) is 6.09. The molecule has 0 aliphatic carbocycles. The van der Waals surface area contributed by atoms with Crippen molar-refractivity contribution in [3.8, 4) is 5.75 Å². The molecule has 0 spiro atoms. The smallest absolute Gasteiger partial charge is 0.293 e. The predicted octanol–water partition coefficient (Wildman–Crippen LogP) is 0.625. The summed E-state index contributed by atoms with van der Waals surface area (Å²) in [6, 6.07) is 11.1. The lowest BCUT2D eigenvalue weighted by Crippen LogP contribution is -3.11. The number of quaternary nitrogens is 1. The Morgan fingerprint density at radius 1 is 1.22 bits per heavy atom. The molecule has 7 nitrogen and oxygen atoms in total. The SMILES string of the molecule is Cn1cccc1[C@@H]1CCC[NH+]1CC(=O)NNC(=O)COc1ccc(Cl)cc1. The van der Waals surface area contributed by atoms with Crippen LogP contribution in [0.1, 0.15) is 24.6 Å². The number of hydrogen-bond acceptors (Lipinski definition) is 3. The molecule has 8 heteroatoms. The van der Waals surface area contributed by atoms with Gasteiger partial charge in [-0.3, -0.25) is 20.4 Å². The summed E-state index contributed by atoms with van der Waals surface area (Å²) in [4.78, 5) is 25.2. The standard InChI is InChI=1S/C19H23ClN4O3/c1-23-10-2-4-16(23)17-5-3-11-24(17)12-18(25)21-22-19(26)13-27-15-8-6-14(20)7-9-15/h2,4,6-10,17H,3,5,11-13H2,1H3,(H,21,25)(H,22,26)/p+1/t17-/m0/s1. The number of aromatic nitrogens is 1. The lowest BCUT2D eigenvalue weighted by molar-refractivity contribution is -0.911. The fraction of sp³-hybridized carbons (Fsp3) is 0.368. The van der Waals surface area contributed by atoms with Crippen LogP contribution in [0.3, 0.4) is 0 Å². The monoisotopic (exact) mass is 391 g/mol. The van der Waals surface area contributed by atoms with Gasteiger partial charge in [-0.25, -0.2) is 0 Å². The molecule has 1 aromatic heterocycles. The van der Waals surface area contributed by atoms with Crippen LogP contribution in [0.5, 0.6) is 5.75 Å². The molecule has 1 saturated heterocycles. The van der Waals surface area contributed by atoms with Gasteiger partial charge in [0.2, 0.25) is 0 Å². The van der Waals surface area contributed by atoms with E-state index in [0.29, 0.717) is 23.4 Å². The molecule has 0 saturated carbocycles. The quantitative estimate of drug-likeness (QED) is 0.632. The molecule has 3 rings (SSSR count). The van der Waals surface area contributed by atoms with E-state index in [4.69, 9.17) is 16.3 Å². The molecule has 1 unspecified atom stereocenters. The second-order valence-corrected chi connectivity index (χ2v) is 7.10. The molecule has 27 heavy (non-hydrogen) atoms. The first-order chi connectivity index (χ1) is 13.0. The molecule has 3 N–H and O–H groups in total. The second-order valence-electron chi connectivity index (χ2n) is 6.66. The third-order valence-electron chi connectivity index (χ3n) is 4.74. The van der Waals surface area contributed by atoms with Crippen LogP contribution in [0, 0.1) is 0 Å². The Balaban J connectivity index is 1.41. The van der Waals surface area contributed by atoms with Crippen molar-refractivity contribution >= 4 is 23.4 Å². The number of carbonyl (C=O) groups excluding carboxylic acids is 2. The summed E-state index contributed by atoms with van der Waals surface area (Å²) in [6.45, 7) is 1.06. The molecule has 1 fully saturated rings. The van der Waals surface area contributed by atoms with Gasteiger partial charge in [-0.05, 0) is 36.4 Å². The normalized spacial score (nSPS) is 18.9. The highest BCUT2D eigenvalue weighted by Crippen LogP contribution is 2.18. The van der Waals surface area contributed by atoms with E-state index in [1.54, 1.807) is 24.3 Å². The zero-order valence-electron chi connectivity index (χ0n) is 15.2. The highest BCUT2D eigenvalue weighted by molar-refractivity contribution is 6.30.